The number of hydrogen-bond acceptors (Lipinski definition) is 5. The molecule has 152 valence electrons. The Bertz CT molecular complexity index is 1050. The second-order valence-corrected chi connectivity index (χ2v) is 9.30. The molecule has 1 heterocycles. The molecule has 29 heavy (non-hydrogen) atoms. The number of methoxy groups -OCH3 is 1. The van der Waals surface area contributed by atoms with Crippen molar-refractivity contribution in [2.75, 3.05) is 14.2 Å². The summed E-state index contributed by atoms with van der Waals surface area (Å²) in [6.45, 7) is 0.242. The maximum absolute atomic E-state index is 12.2. The highest BCUT2D eigenvalue weighted by Gasteiger charge is 2.32. The molecule has 0 spiro atoms. The van der Waals surface area contributed by atoms with Gasteiger partial charge in [-0.2, -0.15) is 0 Å². The number of carbonyl (C=O) groups excluding carboxylic acids is 2. The van der Waals surface area contributed by atoms with Crippen LogP contribution in [-0.4, -0.2) is 30.2 Å². The Morgan fingerprint density at radius 1 is 1.14 bits per heavy atom. The summed E-state index contributed by atoms with van der Waals surface area (Å²) in [7, 11) is 2.97. The number of halogens is 4. The first-order valence-electron chi connectivity index (χ1n) is 8.07. The van der Waals surface area contributed by atoms with Gasteiger partial charge in [0, 0.05) is 11.5 Å². The Morgan fingerprint density at radius 2 is 1.86 bits per heavy atom. The topological polar surface area (TPSA) is 55.8 Å². The predicted octanol–water partition coefficient (Wildman–Crippen LogP) is 6.77. The van der Waals surface area contributed by atoms with Gasteiger partial charge in [-0.25, -0.2) is 0 Å². The minimum atomic E-state index is -0.345. The van der Waals surface area contributed by atoms with Crippen LogP contribution in [0.4, 0.5) is 4.79 Å². The zero-order valence-corrected chi connectivity index (χ0v) is 20.6. The van der Waals surface area contributed by atoms with E-state index in [1.54, 1.807) is 24.3 Å². The third-order valence-corrected chi connectivity index (χ3v) is 7.86. The molecular weight excluding hydrogens is 569 g/mol. The lowest BCUT2D eigenvalue weighted by Gasteiger charge is -2.16. The molecular formula is C19H13Br2Cl2NO4S. The first-order chi connectivity index (χ1) is 13.7. The van der Waals surface area contributed by atoms with Crippen LogP contribution in [0.5, 0.6) is 11.5 Å². The van der Waals surface area contributed by atoms with Crippen molar-refractivity contribution in [3.63, 3.8) is 0 Å². The van der Waals surface area contributed by atoms with Gasteiger partial charge in [0.15, 0.2) is 11.5 Å². The van der Waals surface area contributed by atoms with Crippen LogP contribution in [0.3, 0.4) is 0 Å². The second-order valence-electron chi connectivity index (χ2n) is 5.90. The van der Waals surface area contributed by atoms with Gasteiger partial charge in [0.25, 0.3) is 11.1 Å². The molecule has 1 aliphatic rings. The van der Waals surface area contributed by atoms with Crippen LogP contribution < -0.4 is 9.47 Å². The number of nitrogens with zero attached hydrogens (tertiary/aromatic N) is 1. The van der Waals surface area contributed by atoms with Crippen LogP contribution in [0.1, 0.15) is 11.1 Å². The fourth-order valence-corrected chi connectivity index (χ4v) is 4.55. The van der Waals surface area contributed by atoms with E-state index in [-0.39, 0.29) is 17.8 Å². The van der Waals surface area contributed by atoms with Crippen LogP contribution in [-0.2, 0) is 11.4 Å². The number of hydrogen-bond donors (Lipinski definition) is 0. The van der Waals surface area contributed by atoms with E-state index in [4.69, 9.17) is 32.7 Å². The molecule has 0 N–H and O–H groups in total. The molecule has 5 nitrogen and oxygen atoms in total. The van der Waals surface area contributed by atoms with Crippen LogP contribution in [0.2, 0.25) is 10.0 Å². The molecule has 2 aromatic rings. The molecule has 0 atom stereocenters. The molecule has 1 fully saturated rings. The van der Waals surface area contributed by atoms with E-state index < -0.39 is 0 Å². The van der Waals surface area contributed by atoms with E-state index in [1.807, 2.05) is 6.07 Å². The van der Waals surface area contributed by atoms with Crippen molar-refractivity contribution in [2.45, 2.75) is 6.61 Å². The Kier molecular flexibility index (Phi) is 7.22. The number of amides is 2. The number of imide groups is 1. The molecule has 0 bridgehead atoms. The molecule has 2 aromatic carbocycles. The standard InChI is InChI=1S/C19H13Br2Cl2NO4S/c1-24-18(25)14(29-19(24)26)7-10-6-13(27-2)17(16(21)15(10)20)28-8-9-3-4-11(22)12(23)5-9/h3-7H,8H2,1-2H3/b14-7+. The van der Waals surface area contributed by atoms with Gasteiger partial charge < -0.3 is 9.47 Å². The summed E-state index contributed by atoms with van der Waals surface area (Å²) < 4.78 is 12.7. The van der Waals surface area contributed by atoms with E-state index >= 15 is 0 Å². The first-order valence-corrected chi connectivity index (χ1v) is 11.2. The number of ether oxygens (including phenoxy) is 2. The van der Waals surface area contributed by atoms with E-state index in [0.717, 1.165) is 22.2 Å². The van der Waals surface area contributed by atoms with Gasteiger partial charge >= 0.3 is 0 Å². The fraction of sp³-hybridized carbons (Fsp3) is 0.158. The van der Waals surface area contributed by atoms with Gasteiger partial charge in [-0.05, 0) is 79.0 Å². The lowest BCUT2D eigenvalue weighted by atomic mass is 10.1. The summed E-state index contributed by atoms with van der Waals surface area (Å²) in [6, 6.07) is 6.98. The highest BCUT2D eigenvalue weighted by Crippen LogP contribution is 2.44. The summed E-state index contributed by atoms with van der Waals surface area (Å²) >= 11 is 19.9. The van der Waals surface area contributed by atoms with E-state index in [9.17, 15) is 9.59 Å². The number of carbonyl (C=O) groups is 2. The Morgan fingerprint density at radius 3 is 2.45 bits per heavy atom. The SMILES string of the molecule is COc1cc(/C=C2/SC(=O)N(C)C2=O)c(Br)c(Br)c1OCc1ccc(Cl)c(Cl)c1. The van der Waals surface area contributed by atoms with Gasteiger partial charge in [-0.3, -0.25) is 14.5 Å². The van der Waals surface area contributed by atoms with Gasteiger partial charge in [-0.15, -0.1) is 0 Å². The highest BCUT2D eigenvalue weighted by molar-refractivity contribution is 9.13. The van der Waals surface area contributed by atoms with Gasteiger partial charge in [0.05, 0.1) is 26.5 Å². The van der Waals surface area contributed by atoms with Crippen LogP contribution in [0.15, 0.2) is 38.1 Å². The zero-order chi connectivity index (χ0) is 21.3. The average molecular weight is 582 g/mol. The lowest BCUT2D eigenvalue weighted by molar-refractivity contribution is -0.121. The third-order valence-electron chi connectivity index (χ3n) is 4.02. The normalized spacial score (nSPS) is 15.4. The molecule has 0 unspecified atom stereocenters. The maximum Gasteiger partial charge on any atom is 0.293 e. The zero-order valence-electron chi connectivity index (χ0n) is 15.1. The highest BCUT2D eigenvalue weighted by atomic mass is 79.9. The average Bonchev–Trinajstić information content (AvgIpc) is 2.93. The van der Waals surface area contributed by atoms with Crippen LogP contribution >= 0.6 is 66.8 Å². The predicted molar refractivity (Wildman–Crippen MR) is 123 cm³/mol. The van der Waals surface area contributed by atoms with Gasteiger partial charge in [0.2, 0.25) is 0 Å². The Balaban J connectivity index is 1.92. The summed E-state index contributed by atoms with van der Waals surface area (Å²) in [5.41, 5.74) is 1.50. The molecule has 0 saturated carbocycles. The molecule has 10 heteroatoms. The van der Waals surface area contributed by atoms with Crippen molar-refractivity contribution in [3.05, 3.63) is 59.3 Å². The smallest absolute Gasteiger partial charge is 0.293 e. The summed E-state index contributed by atoms with van der Waals surface area (Å²) in [6.07, 6.45) is 1.63. The van der Waals surface area contributed by atoms with Crippen molar-refractivity contribution in [1.82, 2.24) is 4.90 Å². The van der Waals surface area contributed by atoms with Crippen LogP contribution in [0, 0.1) is 0 Å². The molecule has 0 aromatic heterocycles. The Labute approximate surface area is 198 Å². The molecule has 1 aliphatic heterocycles. The maximum atomic E-state index is 12.2. The number of likely N-dealkylation sites (N-methyl/N-ethyl adjacent to an activating group) is 1. The largest absolute Gasteiger partial charge is 0.493 e. The first kappa shape index (κ1) is 22.5. The number of benzene rings is 2. The molecule has 1 saturated heterocycles. The fourth-order valence-electron chi connectivity index (χ4n) is 2.47. The lowest BCUT2D eigenvalue weighted by Crippen LogP contribution is -2.22. The quantitative estimate of drug-likeness (QED) is 0.365. The minimum Gasteiger partial charge on any atom is -0.493 e. The molecule has 3 rings (SSSR count). The van der Waals surface area contributed by atoms with E-state index in [2.05, 4.69) is 31.9 Å². The summed E-state index contributed by atoms with van der Waals surface area (Å²) in [5, 5.41) is 0.600. The molecule has 2 amide bonds. The third kappa shape index (κ3) is 4.77. The van der Waals surface area contributed by atoms with Gasteiger partial charge in [-0.1, -0.05) is 29.3 Å². The van der Waals surface area contributed by atoms with Crippen LogP contribution in [0.25, 0.3) is 6.08 Å². The van der Waals surface area contributed by atoms with Crippen molar-refractivity contribution < 1.29 is 19.1 Å². The van der Waals surface area contributed by atoms with Crippen molar-refractivity contribution >= 4 is 84.0 Å². The minimum absolute atomic E-state index is 0.242. The molecule has 0 aliphatic carbocycles. The van der Waals surface area contributed by atoms with Gasteiger partial charge in [0.1, 0.15) is 6.61 Å². The van der Waals surface area contributed by atoms with Crippen molar-refractivity contribution in [3.8, 4) is 11.5 Å². The number of thioether (sulfide) groups is 1. The van der Waals surface area contributed by atoms with E-state index in [1.165, 1.54) is 14.2 Å². The molecule has 0 radical (unpaired) electrons. The summed E-state index contributed by atoms with van der Waals surface area (Å²) in [5.74, 6) is 0.593. The van der Waals surface area contributed by atoms with Crippen molar-refractivity contribution in [2.24, 2.45) is 0 Å². The number of rotatable bonds is 5. The summed E-state index contributed by atoms with van der Waals surface area (Å²) in [4.78, 5) is 25.3. The van der Waals surface area contributed by atoms with E-state index in [0.29, 0.717) is 41.0 Å². The second kappa shape index (κ2) is 9.31. The van der Waals surface area contributed by atoms with Crippen molar-refractivity contribution in [1.29, 1.82) is 0 Å². The Hall–Kier alpha value is -1.19. The monoisotopic (exact) mass is 579 g/mol.